The molecular formula is C19H22ClN3O3. The zero-order valence-electron chi connectivity index (χ0n) is 15.0. The van der Waals surface area contributed by atoms with E-state index in [1.54, 1.807) is 19.2 Å². The number of guanidine groups is 1. The lowest BCUT2D eigenvalue weighted by Crippen LogP contribution is -2.27. The molecule has 1 aliphatic rings. The smallest absolute Gasteiger partial charge is 0.231 e. The zero-order valence-corrected chi connectivity index (χ0v) is 15.8. The van der Waals surface area contributed by atoms with Gasteiger partial charge < -0.3 is 25.3 Å². The largest absolute Gasteiger partial charge is 0.495 e. The molecule has 3 rings (SSSR count). The molecule has 0 spiro atoms. The maximum absolute atomic E-state index is 6.12. The van der Waals surface area contributed by atoms with Gasteiger partial charge in [0.2, 0.25) is 6.79 Å². The lowest BCUT2D eigenvalue weighted by molar-refractivity contribution is 0.174. The molecule has 1 aliphatic heterocycles. The van der Waals surface area contributed by atoms with Crippen LogP contribution in [0.4, 0.5) is 5.69 Å². The van der Waals surface area contributed by atoms with Crippen LogP contribution >= 0.6 is 11.6 Å². The summed E-state index contributed by atoms with van der Waals surface area (Å²) in [5.41, 5.74) is 7.65. The van der Waals surface area contributed by atoms with Gasteiger partial charge in [-0.3, -0.25) is 4.99 Å². The summed E-state index contributed by atoms with van der Waals surface area (Å²) in [6.07, 6.45) is 0. The monoisotopic (exact) mass is 375 g/mol. The van der Waals surface area contributed by atoms with E-state index < -0.39 is 0 Å². The summed E-state index contributed by atoms with van der Waals surface area (Å²) in [4.78, 5) is 4.47. The van der Waals surface area contributed by atoms with E-state index in [4.69, 9.17) is 31.5 Å². The third-order valence-electron chi connectivity index (χ3n) is 4.22. The van der Waals surface area contributed by atoms with Crippen LogP contribution in [0.1, 0.15) is 19.4 Å². The number of hydrogen-bond donors (Lipinski definition) is 2. The van der Waals surface area contributed by atoms with Crippen molar-refractivity contribution in [3.05, 3.63) is 47.0 Å². The van der Waals surface area contributed by atoms with E-state index in [-0.39, 0.29) is 12.2 Å². The number of methoxy groups -OCH3 is 1. The Morgan fingerprint density at radius 2 is 2.00 bits per heavy atom. The van der Waals surface area contributed by atoms with Gasteiger partial charge in [-0.15, -0.1) is 0 Å². The molecule has 0 aromatic heterocycles. The average Bonchev–Trinajstić information content (AvgIpc) is 3.08. The number of rotatable bonds is 5. The van der Waals surface area contributed by atoms with Gasteiger partial charge in [0, 0.05) is 11.1 Å². The third-order valence-corrected chi connectivity index (χ3v) is 4.52. The van der Waals surface area contributed by atoms with Gasteiger partial charge in [0.25, 0.3) is 0 Å². The number of nitrogens with zero attached hydrogens (tertiary/aromatic N) is 1. The van der Waals surface area contributed by atoms with Gasteiger partial charge in [-0.05, 0) is 35.9 Å². The number of anilines is 1. The molecule has 138 valence electrons. The molecule has 6 nitrogen and oxygen atoms in total. The van der Waals surface area contributed by atoms with E-state index >= 15 is 0 Å². The summed E-state index contributed by atoms with van der Waals surface area (Å²) >= 11 is 6.12. The number of fused-ring (bicyclic) bond motifs is 1. The van der Waals surface area contributed by atoms with Crippen molar-refractivity contribution in [2.24, 2.45) is 10.7 Å². The highest BCUT2D eigenvalue weighted by Crippen LogP contribution is 2.36. The molecule has 0 saturated carbocycles. The molecule has 0 atom stereocenters. The van der Waals surface area contributed by atoms with Crippen molar-refractivity contribution >= 4 is 23.2 Å². The van der Waals surface area contributed by atoms with Crippen LogP contribution in [0.3, 0.4) is 0 Å². The Balaban J connectivity index is 1.68. The van der Waals surface area contributed by atoms with Crippen LogP contribution in [0.2, 0.25) is 5.02 Å². The van der Waals surface area contributed by atoms with Gasteiger partial charge in [0.15, 0.2) is 17.5 Å². The fraction of sp³-hybridized carbons (Fsp3) is 0.316. The van der Waals surface area contributed by atoms with Gasteiger partial charge in [-0.1, -0.05) is 31.5 Å². The Kier molecular flexibility index (Phi) is 5.13. The quantitative estimate of drug-likeness (QED) is 0.614. The number of nitrogens with one attached hydrogen (secondary N) is 1. The standard InChI is InChI=1S/C19H22ClN3O3/c1-19(2,12-4-6-16-17(8-12)26-11-25-16)10-22-18(21)23-13-5-7-15(24-3)14(20)9-13/h4-9H,10-11H2,1-3H3,(H3,21,22,23). The number of aliphatic imine (C=N–C) groups is 1. The van der Waals surface area contributed by atoms with Gasteiger partial charge in [-0.25, -0.2) is 0 Å². The molecule has 3 N–H and O–H groups in total. The molecule has 2 aromatic carbocycles. The zero-order chi connectivity index (χ0) is 18.7. The predicted molar refractivity (Wildman–Crippen MR) is 104 cm³/mol. The van der Waals surface area contributed by atoms with Crippen LogP contribution in [0.25, 0.3) is 0 Å². The summed E-state index contributed by atoms with van der Waals surface area (Å²) in [5.74, 6) is 2.46. The summed E-state index contributed by atoms with van der Waals surface area (Å²) in [5, 5.41) is 3.55. The fourth-order valence-electron chi connectivity index (χ4n) is 2.62. The van der Waals surface area contributed by atoms with Crippen molar-refractivity contribution < 1.29 is 14.2 Å². The summed E-state index contributed by atoms with van der Waals surface area (Å²) in [7, 11) is 1.57. The molecule has 1 heterocycles. The molecule has 0 amide bonds. The van der Waals surface area contributed by atoms with Gasteiger partial charge in [-0.2, -0.15) is 0 Å². The lowest BCUT2D eigenvalue weighted by Gasteiger charge is -2.23. The van der Waals surface area contributed by atoms with Crippen molar-refractivity contribution in [2.45, 2.75) is 19.3 Å². The first-order valence-corrected chi connectivity index (χ1v) is 8.57. The highest BCUT2D eigenvalue weighted by Gasteiger charge is 2.24. The fourth-order valence-corrected chi connectivity index (χ4v) is 2.88. The van der Waals surface area contributed by atoms with E-state index in [9.17, 15) is 0 Å². The van der Waals surface area contributed by atoms with Crippen molar-refractivity contribution in [3.8, 4) is 17.2 Å². The SMILES string of the molecule is COc1ccc(NC(N)=NCC(C)(C)c2ccc3c(c2)OCO3)cc1Cl. The first kappa shape index (κ1) is 18.2. The van der Waals surface area contributed by atoms with E-state index in [1.807, 2.05) is 24.3 Å². The summed E-state index contributed by atoms with van der Waals surface area (Å²) in [6.45, 7) is 4.98. The van der Waals surface area contributed by atoms with Crippen LogP contribution < -0.4 is 25.3 Å². The highest BCUT2D eigenvalue weighted by atomic mass is 35.5. The predicted octanol–water partition coefficient (Wildman–Crippen LogP) is 3.78. The number of ether oxygens (including phenoxy) is 3. The minimum atomic E-state index is -0.217. The van der Waals surface area contributed by atoms with Crippen LogP contribution in [0, 0.1) is 0 Å². The molecule has 0 bridgehead atoms. The van der Waals surface area contributed by atoms with Gasteiger partial charge in [0.05, 0.1) is 18.7 Å². The molecule has 0 aliphatic carbocycles. The Morgan fingerprint density at radius 1 is 1.23 bits per heavy atom. The van der Waals surface area contributed by atoms with Crippen LogP contribution in [-0.4, -0.2) is 26.4 Å². The maximum atomic E-state index is 6.12. The average molecular weight is 376 g/mol. The Labute approximate surface area is 157 Å². The van der Waals surface area contributed by atoms with Crippen molar-refractivity contribution in [1.82, 2.24) is 0 Å². The molecule has 0 fully saturated rings. The third kappa shape index (κ3) is 3.96. The molecule has 0 unspecified atom stereocenters. The Bertz CT molecular complexity index is 837. The first-order valence-electron chi connectivity index (χ1n) is 8.20. The van der Waals surface area contributed by atoms with Crippen molar-refractivity contribution in [2.75, 3.05) is 25.8 Å². The van der Waals surface area contributed by atoms with Crippen LogP contribution in [0.15, 0.2) is 41.4 Å². The Hall–Kier alpha value is -2.60. The normalized spacial score (nSPS) is 13.6. The lowest BCUT2D eigenvalue weighted by atomic mass is 9.84. The van der Waals surface area contributed by atoms with Crippen LogP contribution in [0.5, 0.6) is 17.2 Å². The molecule has 26 heavy (non-hydrogen) atoms. The number of halogens is 1. The van der Waals surface area contributed by atoms with Crippen molar-refractivity contribution in [3.63, 3.8) is 0 Å². The van der Waals surface area contributed by atoms with E-state index in [0.717, 1.165) is 22.7 Å². The molecule has 0 saturated heterocycles. The van der Waals surface area contributed by atoms with Crippen molar-refractivity contribution in [1.29, 1.82) is 0 Å². The van der Waals surface area contributed by atoms with E-state index in [2.05, 4.69) is 24.2 Å². The van der Waals surface area contributed by atoms with Crippen LogP contribution in [-0.2, 0) is 5.41 Å². The Morgan fingerprint density at radius 3 is 2.73 bits per heavy atom. The topological polar surface area (TPSA) is 78.1 Å². The maximum Gasteiger partial charge on any atom is 0.231 e. The van der Waals surface area contributed by atoms with E-state index in [0.29, 0.717) is 23.3 Å². The number of nitrogens with two attached hydrogens (primary N) is 1. The minimum Gasteiger partial charge on any atom is -0.495 e. The molecule has 2 aromatic rings. The first-order chi connectivity index (χ1) is 12.4. The van der Waals surface area contributed by atoms with Gasteiger partial charge >= 0.3 is 0 Å². The van der Waals surface area contributed by atoms with Gasteiger partial charge in [0.1, 0.15) is 5.75 Å². The minimum absolute atomic E-state index is 0.217. The summed E-state index contributed by atoms with van der Waals surface area (Å²) < 4.78 is 15.9. The van der Waals surface area contributed by atoms with E-state index in [1.165, 1.54) is 0 Å². The second kappa shape index (κ2) is 7.33. The molecule has 7 heteroatoms. The second-order valence-electron chi connectivity index (χ2n) is 6.63. The molecular weight excluding hydrogens is 354 g/mol. The number of benzene rings is 2. The molecule has 0 radical (unpaired) electrons. The highest BCUT2D eigenvalue weighted by molar-refractivity contribution is 6.32. The second-order valence-corrected chi connectivity index (χ2v) is 7.03. The summed E-state index contributed by atoms with van der Waals surface area (Å²) in [6, 6.07) is 11.3. The number of hydrogen-bond acceptors (Lipinski definition) is 4.